The highest BCUT2D eigenvalue weighted by atomic mass is 16.6. The van der Waals surface area contributed by atoms with Gasteiger partial charge < -0.3 is 9.47 Å². The van der Waals surface area contributed by atoms with Crippen LogP contribution in [-0.2, 0) is 19.1 Å². The van der Waals surface area contributed by atoms with E-state index in [0.29, 0.717) is 19.4 Å². The first-order chi connectivity index (χ1) is 9.74. The van der Waals surface area contributed by atoms with Gasteiger partial charge in [0, 0.05) is 12.8 Å². The monoisotopic (exact) mass is 284 g/mol. The van der Waals surface area contributed by atoms with Crippen LogP contribution in [-0.4, -0.2) is 24.6 Å². The molecule has 0 bridgehead atoms. The minimum atomic E-state index is -0.652. The largest absolute Gasteiger partial charge is 0.463 e. The zero-order valence-corrected chi connectivity index (χ0v) is 12.7. The first-order valence-corrected chi connectivity index (χ1v) is 8.10. The molecule has 116 valence electrons. The van der Waals surface area contributed by atoms with E-state index in [-0.39, 0.29) is 5.97 Å². The van der Waals surface area contributed by atoms with Crippen molar-refractivity contribution in [1.82, 2.24) is 0 Å². The number of esters is 2. The molecule has 0 radical (unpaired) electrons. The van der Waals surface area contributed by atoms with Crippen LogP contribution in [0.25, 0.3) is 0 Å². The smallest absolute Gasteiger partial charge is 0.347 e. The van der Waals surface area contributed by atoms with Gasteiger partial charge in [0.2, 0.25) is 6.10 Å². The number of cyclic esters (lactones) is 1. The lowest BCUT2D eigenvalue weighted by Crippen LogP contribution is -2.22. The number of rotatable bonds is 11. The van der Waals surface area contributed by atoms with Gasteiger partial charge in [-0.05, 0) is 6.42 Å². The molecule has 0 aromatic carbocycles. The zero-order chi connectivity index (χ0) is 14.6. The molecule has 1 rings (SSSR count). The third-order valence-corrected chi connectivity index (χ3v) is 3.65. The van der Waals surface area contributed by atoms with Gasteiger partial charge >= 0.3 is 11.9 Å². The van der Waals surface area contributed by atoms with Crippen molar-refractivity contribution < 1.29 is 19.1 Å². The quantitative estimate of drug-likeness (QED) is 0.428. The maximum Gasteiger partial charge on any atom is 0.347 e. The van der Waals surface area contributed by atoms with E-state index in [9.17, 15) is 9.59 Å². The van der Waals surface area contributed by atoms with E-state index >= 15 is 0 Å². The molecule has 0 spiro atoms. The minimum Gasteiger partial charge on any atom is -0.463 e. The molecule has 1 atom stereocenters. The Bertz CT molecular complexity index is 288. The Balaban J connectivity index is 1.88. The Kier molecular flexibility index (Phi) is 9.09. The van der Waals surface area contributed by atoms with E-state index < -0.39 is 12.1 Å². The molecular formula is C16H28O4. The van der Waals surface area contributed by atoms with Gasteiger partial charge in [-0.15, -0.1) is 0 Å². The fourth-order valence-electron chi connectivity index (χ4n) is 2.38. The third-order valence-electron chi connectivity index (χ3n) is 3.65. The van der Waals surface area contributed by atoms with Crippen molar-refractivity contribution in [2.75, 3.05) is 6.61 Å². The Labute approximate surface area is 122 Å². The number of hydrogen-bond donors (Lipinski definition) is 0. The molecule has 1 fully saturated rings. The highest BCUT2D eigenvalue weighted by Gasteiger charge is 2.29. The molecule has 1 aliphatic rings. The number of hydrogen-bond acceptors (Lipinski definition) is 4. The highest BCUT2D eigenvalue weighted by Crippen LogP contribution is 2.13. The summed E-state index contributed by atoms with van der Waals surface area (Å²) in [5, 5.41) is 0. The summed E-state index contributed by atoms with van der Waals surface area (Å²) in [6.07, 6.45) is 11.2. The maximum absolute atomic E-state index is 11.5. The van der Waals surface area contributed by atoms with E-state index in [1.807, 2.05) is 0 Å². The van der Waals surface area contributed by atoms with Crippen LogP contribution in [0.5, 0.6) is 0 Å². The van der Waals surface area contributed by atoms with Crippen molar-refractivity contribution in [2.45, 2.75) is 83.7 Å². The van der Waals surface area contributed by atoms with Crippen molar-refractivity contribution in [3.63, 3.8) is 0 Å². The van der Waals surface area contributed by atoms with Crippen LogP contribution in [0.1, 0.15) is 77.6 Å². The third kappa shape index (κ3) is 7.51. The molecule has 20 heavy (non-hydrogen) atoms. The molecule has 0 unspecified atom stereocenters. The second-order valence-electron chi connectivity index (χ2n) is 5.51. The lowest BCUT2D eigenvalue weighted by Gasteiger charge is -2.08. The van der Waals surface area contributed by atoms with Crippen molar-refractivity contribution in [1.29, 1.82) is 0 Å². The molecule has 0 aromatic rings. The number of carbonyl (C=O) groups is 2. The maximum atomic E-state index is 11.5. The van der Waals surface area contributed by atoms with E-state index in [4.69, 9.17) is 9.47 Å². The molecule has 1 saturated heterocycles. The average molecular weight is 284 g/mol. The predicted octanol–water partition coefficient (Wildman–Crippen LogP) is 3.77. The van der Waals surface area contributed by atoms with Crippen molar-refractivity contribution in [3.05, 3.63) is 0 Å². The summed E-state index contributed by atoms with van der Waals surface area (Å²) in [7, 11) is 0. The fourth-order valence-corrected chi connectivity index (χ4v) is 2.38. The van der Waals surface area contributed by atoms with Crippen LogP contribution in [0.4, 0.5) is 0 Å². The van der Waals surface area contributed by atoms with Gasteiger partial charge in [-0.2, -0.15) is 0 Å². The second kappa shape index (κ2) is 10.7. The first kappa shape index (κ1) is 17.0. The van der Waals surface area contributed by atoms with Crippen LogP contribution in [0.3, 0.4) is 0 Å². The molecule has 1 aliphatic heterocycles. The summed E-state index contributed by atoms with van der Waals surface area (Å²) >= 11 is 0. The standard InChI is InChI=1S/C16H28O4/c1-2-3-4-5-6-7-8-9-10-11-15(17)20-14-12-13-19-16(14)18/h14H,2-13H2,1H3/t14-/m1/s1. The van der Waals surface area contributed by atoms with Gasteiger partial charge in [0.25, 0.3) is 0 Å². The van der Waals surface area contributed by atoms with Gasteiger partial charge in [-0.3, -0.25) is 4.79 Å². The summed E-state index contributed by atoms with van der Waals surface area (Å²) < 4.78 is 9.83. The van der Waals surface area contributed by atoms with Crippen LogP contribution >= 0.6 is 0 Å². The Morgan fingerprint density at radius 3 is 2.25 bits per heavy atom. The summed E-state index contributed by atoms with van der Waals surface area (Å²) in [5.74, 6) is -0.665. The highest BCUT2D eigenvalue weighted by molar-refractivity contribution is 5.80. The molecular weight excluding hydrogens is 256 g/mol. The molecule has 1 heterocycles. The Hall–Kier alpha value is -1.06. The Morgan fingerprint density at radius 2 is 1.70 bits per heavy atom. The molecule has 0 N–H and O–H groups in total. The van der Waals surface area contributed by atoms with Gasteiger partial charge in [0.1, 0.15) is 0 Å². The molecule has 0 aliphatic carbocycles. The van der Waals surface area contributed by atoms with E-state index in [1.54, 1.807) is 0 Å². The van der Waals surface area contributed by atoms with Crippen LogP contribution < -0.4 is 0 Å². The summed E-state index contributed by atoms with van der Waals surface area (Å²) in [6.45, 7) is 2.60. The van der Waals surface area contributed by atoms with E-state index in [2.05, 4.69) is 6.92 Å². The predicted molar refractivity (Wildman–Crippen MR) is 77.3 cm³/mol. The van der Waals surface area contributed by atoms with Crippen molar-refractivity contribution in [2.24, 2.45) is 0 Å². The van der Waals surface area contributed by atoms with E-state index in [0.717, 1.165) is 12.8 Å². The lowest BCUT2D eigenvalue weighted by molar-refractivity contribution is -0.160. The summed E-state index contributed by atoms with van der Waals surface area (Å²) in [4.78, 5) is 22.7. The summed E-state index contributed by atoms with van der Waals surface area (Å²) in [6, 6.07) is 0. The van der Waals surface area contributed by atoms with Crippen LogP contribution in [0.2, 0.25) is 0 Å². The average Bonchev–Trinajstić information content (AvgIpc) is 2.82. The number of carbonyl (C=O) groups excluding carboxylic acids is 2. The summed E-state index contributed by atoms with van der Waals surface area (Å²) in [5.41, 5.74) is 0. The molecule has 4 heteroatoms. The number of ether oxygens (including phenoxy) is 2. The van der Waals surface area contributed by atoms with E-state index in [1.165, 1.54) is 44.9 Å². The molecule has 0 amide bonds. The van der Waals surface area contributed by atoms with Gasteiger partial charge in [-0.1, -0.05) is 58.3 Å². The van der Waals surface area contributed by atoms with Gasteiger partial charge in [-0.25, -0.2) is 4.79 Å². The fraction of sp³-hybridized carbons (Fsp3) is 0.875. The molecule has 0 aromatic heterocycles. The second-order valence-corrected chi connectivity index (χ2v) is 5.51. The van der Waals surface area contributed by atoms with Crippen molar-refractivity contribution in [3.8, 4) is 0 Å². The van der Waals surface area contributed by atoms with Gasteiger partial charge in [0.15, 0.2) is 0 Å². The SMILES string of the molecule is CCCCCCCCCCCC(=O)O[C@@H]1CCOC1=O. The molecule has 4 nitrogen and oxygen atoms in total. The first-order valence-electron chi connectivity index (χ1n) is 8.10. The minimum absolute atomic E-state index is 0.267. The molecule has 0 saturated carbocycles. The van der Waals surface area contributed by atoms with Crippen LogP contribution in [0, 0.1) is 0 Å². The Morgan fingerprint density at radius 1 is 1.10 bits per heavy atom. The zero-order valence-electron chi connectivity index (χ0n) is 12.7. The normalized spacial score (nSPS) is 18.1. The van der Waals surface area contributed by atoms with Crippen molar-refractivity contribution >= 4 is 11.9 Å². The number of unbranched alkanes of at least 4 members (excludes halogenated alkanes) is 8. The van der Waals surface area contributed by atoms with Crippen LogP contribution in [0.15, 0.2) is 0 Å². The topological polar surface area (TPSA) is 52.6 Å². The lowest BCUT2D eigenvalue weighted by atomic mass is 10.1. The van der Waals surface area contributed by atoms with Gasteiger partial charge in [0.05, 0.1) is 6.61 Å².